The molecule has 0 aliphatic heterocycles. The smallest absolute Gasteiger partial charge is 0.0838 e. The zero-order valence-corrected chi connectivity index (χ0v) is 6.12. The molecule has 2 nitrogen and oxygen atoms in total. The van der Waals surface area contributed by atoms with E-state index in [9.17, 15) is 5.11 Å². The normalized spacial score (nSPS) is 32.5. The van der Waals surface area contributed by atoms with Crippen molar-refractivity contribution in [2.75, 3.05) is 6.61 Å². The zero-order chi connectivity index (χ0) is 7.40. The van der Waals surface area contributed by atoms with Crippen molar-refractivity contribution in [1.82, 2.24) is 0 Å². The molecule has 0 unspecified atom stereocenters. The van der Waals surface area contributed by atoms with E-state index in [2.05, 4.69) is 6.58 Å². The van der Waals surface area contributed by atoms with E-state index in [1.165, 1.54) is 0 Å². The SMILES string of the molecule is C=CCO[C@H]1CCC[C@H]1O. The fourth-order valence-corrected chi connectivity index (χ4v) is 1.29. The Morgan fingerprint density at radius 3 is 2.90 bits per heavy atom. The average molecular weight is 142 g/mol. The van der Waals surface area contributed by atoms with Gasteiger partial charge in [0.2, 0.25) is 0 Å². The average Bonchev–Trinajstić information content (AvgIpc) is 2.31. The van der Waals surface area contributed by atoms with E-state index in [1.54, 1.807) is 6.08 Å². The number of rotatable bonds is 3. The van der Waals surface area contributed by atoms with Gasteiger partial charge in [-0.15, -0.1) is 6.58 Å². The van der Waals surface area contributed by atoms with Gasteiger partial charge in [-0.3, -0.25) is 0 Å². The first-order valence-corrected chi connectivity index (χ1v) is 3.75. The van der Waals surface area contributed by atoms with Crippen molar-refractivity contribution in [3.63, 3.8) is 0 Å². The minimum Gasteiger partial charge on any atom is -0.390 e. The Kier molecular flexibility index (Phi) is 2.90. The number of hydrogen-bond donors (Lipinski definition) is 1. The molecule has 1 aliphatic rings. The van der Waals surface area contributed by atoms with Gasteiger partial charge < -0.3 is 9.84 Å². The van der Waals surface area contributed by atoms with Crippen LogP contribution in [0.25, 0.3) is 0 Å². The molecule has 1 fully saturated rings. The second kappa shape index (κ2) is 3.74. The third-order valence-corrected chi connectivity index (χ3v) is 1.85. The summed E-state index contributed by atoms with van der Waals surface area (Å²) < 4.78 is 5.30. The molecule has 2 atom stereocenters. The summed E-state index contributed by atoms with van der Waals surface area (Å²) in [6.07, 6.45) is 4.52. The first-order chi connectivity index (χ1) is 4.84. The van der Waals surface area contributed by atoms with Gasteiger partial charge in [0, 0.05) is 0 Å². The Balaban J connectivity index is 2.19. The van der Waals surface area contributed by atoms with E-state index in [1.807, 2.05) is 0 Å². The predicted octanol–water partition coefficient (Wildman–Crippen LogP) is 1.10. The quantitative estimate of drug-likeness (QED) is 0.598. The topological polar surface area (TPSA) is 29.5 Å². The predicted molar refractivity (Wildman–Crippen MR) is 39.8 cm³/mol. The minimum absolute atomic E-state index is 0.0676. The molecule has 0 heterocycles. The van der Waals surface area contributed by atoms with Crippen LogP contribution in [0.15, 0.2) is 12.7 Å². The van der Waals surface area contributed by atoms with E-state index in [0.717, 1.165) is 19.3 Å². The molecule has 0 aromatic rings. The van der Waals surface area contributed by atoms with Crippen LogP contribution in [0.1, 0.15) is 19.3 Å². The second-order valence-electron chi connectivity index (χ2n) is 2.66. The number of aliphatic hydroxyl groups excluding tert-OH is 1. The molecular weight excluding hydrogens is 128 g/mol. The van der Waals surface area contributed by atoms with Crippen LogP contribution in [-0.2, 0) is 4.74 Å². The van der Waals surface area contributed by atoms with Crippen molar-refractivity contribution < 1.29 is 9.84 Å². The molecule has 0 aromatic heterocycles. The van der Waals surface area contributed by atoms with Crippen molar-refractivity contribution in [3.8, 4) is 0 Å². The number of hydrogen-bond acceptors (Lipinski definition) is 2. The summed E-state index contributed by atoms with van der Waals surface area (Å²) in [4.78, 5) is 0. The molecule has 0 radical (unpaired) electrons. The zero-order valence-electron chi connectivity index (χ0n) is 6.12. The summed E-state index contributed by atoms with van der Waals surface area (Å²) in [6.45, 7) is 4.10. The third-order valence-electron chi connectivity index (χ3n) is 1.85. The third kappa shape index (κ3) is 1.82. The van der Waals surface area contributed by atoms with Crippen molar-refractivity contribution in [3.05, 3.63) is 12.7 Å². The largest absolute Gasteiger partial charge is 0.390 e. The van der Waals surface area contributed by atoms with Crippen LogP contribution in [0.5, 0.6) is 0 Å². The molecule has 10 heavy (non-hydrogen) atoms. The van der Waals surface area contributed by atoms with Crippen molar-refractivity contribution in [2.24, 2.45) is 0 Å². The van der Waals surface area contributed by atoms with E-state index in [4.69, 9.17) is 4.74 Å². The molecule has 1 aliphatic carbocycles. The van der Waals surface area contributed by atoms with E-state index < -0.39 is 0 Å². The van der Waals surface area contributed by atoms with Crippen LogP contribution >= 0.6 is 0 Å². The van der Waals surface area contributed by atoms with E-state index in [-0.39, 0.29) is 12.2 Å². The Morgan fingerprint density at radius 2 is 2.40 bits per heavy atom. The molecule has 1 N–H and O–H groups in total. The van der Waals surface area contributed by atoms with Crippen molar-refractivity contribution in [1.29, 1.82) is 0 Å². The van der Waals surface area contributed by atoms with Crippen molar-refractivity contribution in [2.45, 2.75) is 31.5 Å². The van der Waals surface area contributed by atoms with Gasteiger partial charge in [-0.1, -0.05) is 6.08 Å². The maximum absolute atomic E-state index is 9.26. The highest BCUT2D eigenvalue weighted by atomic mass is 16.5. The lowest BCUT2D eigenvalue weighted by atomic mass is 10.3. The number of aliphatic hydroxyl groups is 1. The standard InChI is InChI=1S/C8H14O2/c1-2-6-10-8-5-3-4-7(8)9/h2,7-9H,1,3-6H2/t7-,8+/m1/s1. The molecule has 0 amide bonds. The van der Waals surface area contributed by atoms with Gasteiger partial charge in [0.1, 0.15) is 0 Å². The minimum atomic E-state index is -0.236. The van der Waals surface area contributed by atoms with E-state index in [0.29, 0.717) is 6.61 Å². The molecule has 1 saturated carbocycles. The highest BCUT2D eigenvalue weighted by Gasteiger charge is 2.24. The van der Waals surface area contributed by atoms with E-state index >= 15 is 0 Å². The molecule has 0 saturated heterocycles. The summed E-state index contributed by atoms with van der Waals surface area (Å²) in [5.74, 6) is 0. The molecule has 1 rings (SSSR count). The maximum Gasteiger partial charge on any atom is 0.0838 e. The summed E-state index contributed by atoms with van der Waals surface area (Å²) in [5, 5.41) is 9.26. The molecule has 58 valence electrons. The Labute approximate surface area is 61.5 Å². The molecular formula is C8H14O2. The van der Waals surface area contributed by atoms with Gasteiger partial charge in [-0.05, 0) is 19.3 Å². The van der Waals surface area contributed by atoms with Gasteiger partial charge >= 0.3 is 0 Å². The highest BCUT2D eigenvalue weighted by Crippen LogP contribution is 2.21. The summed E-state index contributed by atoms with van der Waals surface area (Å²) >= 11 is 0. The molecule has 0 aromatic carbocycles. The molecule has 0 spiro atoms. The molecule has 2 heteroatoms. The fraction of sp³-hybridized carbons (Fsp3) is 0.750. The summed E-state index contributed by atoms with van der Waals surface area (Å²) in [5.41, 5.74) is 0. The van der Waals surface area contributed by atoms with Crippen LogP contribution in [0.2, 0.25) is 0 Å². The van der Waals surface area contributed by atoms with Crippen LogP contribution in [0, 0.1) is 0 Å². The lowest BCUT2D eigenvalue weighted by Crippen LogP contribution is -2.22. The first kappa shape index (κ1) is 7.76. The first-order valence-electron chi connectivity index (χ1n) is 3.75. The van der Waals surface area contributed by atoms with Crippen LogP contribution in [-0.4, -0.2) is 23.9 Å². The van der Waals surface area contributed by atoms with Crippen LogP contribution in [0.4, 0.5) is 0 Å². The maximum atomic E-state index is 9.26. The lowest BCUT2D eigenvalue weighted by molar-refractivity contribution is -0.00618. The Hall–Kier alpha value is -0.340. The second-order valence-corrected chi connectivity index (χ2v) is 2.66. The number of ether oxygens (including phenoxy) is 1. The Bertz CT molecular complexity index is 112. The van der Waals surface area contributed by atoms with Gasteiger partial charge in [-0.25, -0.2) is 0 Å². The van der Waals surface area contributed by atoms with Gasteiger partial charge in [0.25, 0.3) is 0 Å². The van der Waals surface area contributed by atoms with Crippen LogP contribution in [0.3, 0.4) is 0 Å². The van der Waals surface area contributed by atoms with Crippen LogP contribution < -0.4 is 0 Å². The fourth-order valence-electron chi connectivity index (χ4n) is 1.29. The van der Waals surface area contributed by atoms with Gasteiger partial charge in [0.05, 0.1) is 18.8 Å². The van der Waals surface area contributed by atoms with Gasteiger partial charge in [-0.2, -0.15) is 0 Å². The summed E-state index contributed by atoms with van der Waals surface area (Å²) in [6, 6.07) is 0. The Morgan fingerprint density at radius 1 is 1.60 bits per heavy atom. The monoisotopic (exact) mass is 142 g/mol. The highest BCUT2D eigenvalue weighted by molar-refractivity contribution is 4.78. The molecule has 0 bridgehead atoms. The van der Waals surface area contributed by atoms with Gasteiger partial charge in [0.15, 0.2) is 0 Å². The summed E-state index contributed by atoms with van der Waals surface area (Å²) in [7, 11) is 0. The van der Waals surface area contributed by atoms with Crippen molar-refractivity contribution >= 4 is 0 Å². The lowest BCUT2D eigenvalue weighted by Gasteiger charge is -2.13.